The molecule has 0 saturated carbocycles. The largest absolute Gasteiger partial charge is 0.451 e. The van der Waals surface area contributed by atoms with E-state index in [1.54, 1.807) is 17.0 Å². The summed E-state index contributed by atoms with van der Waals surface area (Å²) < 4.78 is 43.2. The molecule has 2 aromatic carbocycles. The fourth-order valence-electron chi connectivity index (χ4n) is 3.84. The standard InChI is InChI=1S/C22H22FNO4S/c1-14-3-8-19-15(2)21(28-20(19)11-14)22(25)24(18-9-10-29(26,27)13-18)12-16-4-6-17(23)7-5-16/h3-8,11,18H,9-10,12-13H2,1-2H3/t18-/m1/s1. The van der Waals surface area contributed by atoms with Crippen molar-refractivity contribution in [2.75, 3.05) is 11.5 Å². The van der Waals surface area contributed by atoms with E-state index < -0.39 is 15.9 Å². The lowest BCUT2D eigenvalue weighted by Crippen LogP contribution is -2.40. The van der Waals surface area contributed by atoms with Gasteiger partial charge in [-0.25, -0.2) is 12.8 Å². The van der Waals surface area contributed by atoms with E-state index in [1.165, 1.54) is 12.1 Å². The first-order valence-corrected chi connectivity index (χ1v) is 11.3. The highest BCUT2D eigenvalue weighted by molar-refractivity contribution is 7.91. The lowest BCUT2D eigenvalue weighted by Gasteiger charge is -2.28. The number of nitrogens with zero attached hydrogens (tertiary/aromatic N) is 1. The normalized spacial score (nSPS) is 18.2. The first-order valence-electron chi connectivity index (χ1n) is 9.49. The monoisotopic (exact) mass is 415 g/mol. The minimum Gasteiger partial charge on any atom is -0.451 e. The third kappa shape index (κ3) is 3.92. The minimum absolute atomic E-state index is 0.0587. The Morgan fingerprint density at radius 1 is 1.17 bits per heavy atom. The second-order valence-corrected chi connectivity index (χ2v) is 9.90. The van der Waals surface area contributed by atoms with Crippen molar-refractivity contribution in [2.24, 2.45) is 0 Å². The Labute approximate surface area is 169 Å². The molecule has 4 rings (SSSR count). The van der Waals surface area contributed by atoms with Gasteiger partial charge in [0.05, 0.1) is 11.5 Å². The van der Waals surface area contributed by atoms with Crippen LogP contribution in [0.3, 0.4) is 0 Å². The van der Waals surface area contributed by atoms with Crippen molar-refractivity contribution < 1.29 is 22.0 Å². The molecule has 1 aliphatic rings. The molecular weight excluding hydrogens is 393 g/mol. The van der Waals surface area contributed by atoms with E-state index in [-0.39, 0.29) is 35.5 Å². The van der Waals surface area contributed by atoms with Gasteiger partial charge in [-0.1, -0.05) is 24.3 Å². The quantitative estimate of drug-likeness (QED) is 0.646. The molecule has 1 saturated heterocycles. The Morgan fingerprint density at radius 2 is 1.90 bits per heavy atom. The number of furan rings is 1. The molecule has 0 bridgehead atoms. The molecule has 0 radical (unpaired) electrons. The zero-order valence-electron chi connectivity index (χ0n) is 16.3. The SMILES string of the molecule is Cc1ccc2c(C)c(C(=O)N(Cc3ccc(F)cc3)[C@@H]3CCS(=O)(=O)C3)oc2c1. The van der Waals surface area contributed by atoms with Gasteiger partial charge in [-0.3, -0.25) is 4.79 Å². The van der Waals surface area contributed by atoms with Crippen LogP contribution in [0.5, 0.6) is 0 Å². The first kappa shape index (κ1) is 19.6. The summed E-state index contributed by atoms with van der Waals surface area (Å²) in [6, 6.07) is 11.2. The van der Waals surface area contributed by atoms with Crippen LogP contribution in [0, 0.1) is 19.7 Å². The molecule has 0 aliphatic carbocycles. The summed E-state index contributed by atoms with van der Waals surface area (Å²) in [5.41, 5.74) is 3.12. The number of rotatable bonds is 4. The lowest BCUT2D eigenvalue weighted by atomic mass is 10.1. The van der Waals surface area contributed by atoms with E-state index in [1.807, 2.05) is 32.0 Å². The van der Waals surface area contributed by atoms with Gasteiger partial charge in [-0.15, -0.1) is 0 Å². The Balaban J connectivity index is 1.73. The molecule has 1 atom stereocenters. The molecular formula is C22H22FNO4S. The van der Waals surface area contributed by atoms with Crippen LogP contribution < -0.4 is 0 Å². The second-order valence-electron chi connectivity index (χ2n) is 7.67. The summed E-state index contributed by atoms with van der Waals surface area (Å²) in [6.45, 7) is 3.97. The molecule has 1 fully saturated rings. The van der Waals surface area contributed by atoms with Gasteiger partial charge in [0, 0.05) is 23.5 Å². The van der Waals surface area contributed by atoms with Gasteiger partial charge in [0.1, 0.15) is 11.4 Å². The van der Waals surface area contributed by atoms with Crippen molar-refractivity contribution >= 4 is 26.7 Å². The summed E-state index contributed by atoms with van der Waals surface area (Å²) in [6.07, 6.45) is 0.383. The molecule has 0 N–H and O–H groups in total. The number of fused-ring (bicyclic) bond motifs is 1. The summed E-state index contributed by atoms with van der Waals surface area (Å²) >= 11 is 0. The number of hydrogen-bond donors (Lipinski definition) is 0. The molecule has 152 valence electrons. The van der Waals surface area contributed by atoms with Gasteiger partial charge in [-0.05, 0) is 49.6 Å². The zero-order valence-corrected chi connectivity index (χ0v) is 17.1. The molecule has 29 heavy (non-hydrogen) atoms. The average Bonchev–Trinajstić information content (AvgIpc) is 3.19. The fraction of sp³-hybridized carbons (Fsp3) is 0.318. The van der Waals surface area contributed by atoms with Crippen LogP contribution >= 0.6 is 0 Å². The predicted molar refractivity (Wildman–Crippen MR) is 109 cm³/mol. The van der Waals surface area contributed by atoms with Crippen molar-refractivity contribution in [3.05, 3.63) is 70.7 Å². The number of carbonyl (C=O) groups excluding carboxylic acids is 1. The maximum atomic E-state index is 13.5. The predicted octanol–water partition coefficient (Wildman–Crippen LogP) is 4.02. The fourth-order valence-corrected chi connectivity index (χ4v) is 5.57. The van der Waals surface area contributed by atoms with Gasteiger partial charge >= 0.3 is 0 Å². The molecule has 7 heteroatoms. The van der Waals surface area contributed by atoms with Crippen LogP contribution in [0.1, 0.15) is 33.7 Å². The number of aryl methyl sites for hydroxylation is 2. The van der Waals surface area contributed by atoms with Gasteiger partial charge < -0.3 is 9.32 Å². The van der Waals surface area contributed by atoms with Crippen LogP contribution in [0.25, 0.3) is 11.0 Å². The van der Waals surface area contributed by atoms with Crippen LogP contribution in [0.4, 0.5) is 4.39 Å². The van der Waals surface area contributed by atoms with Gasteiger partial charge in [0.15, 0.2) is 15.6 Å². The Hall–Kier alpha value is -2.67. The molecule has 0 spiro atoms. The van der Waals surface area contributed by atoms with E-state index in [0.29, 0.717) is 12.0 Å². The molecule has 2 heterocycles. The summed E-state index contributed by atoms with van der Waals surface area (Å²) in [5, 5.41) is 0.861. The van der Waals surface area contributed by atoms with Crippen LogP contribution in [0.15, 0.2) is 46.9 Å². The molecule has 1 aromatic heterocycles. The third-order valence-electron chi connectivity index (χ3n) is 5.46. The summed E-state index contributed by atoms with van der Waals surface area (Å²) in [7, 11) is -3.18. The zero-order chi connectivity index (χ0) is 20.8. The summed E-state index contributed by atoms with van der Waals surface area (Å²) in [4.78, 5) is 15.0. The highest BCUT2D eigenvalue weighted by Gasteiger charge is 2.36. The topological polar surface area (TPSA) is 67.6 Å². The molecule has 1 amide bonds. The lowest BCUT2D eigenvalue weighted by molar-refractivity contribution is 0.0649. The van der Waals surface area contributed by atoms with E-state index in [9.17, 15) is 17.6 Å². The smallest absolute Gasteiger partial charge is 0.290 e. The molecule has 1 aliphatic heterocycles. The number of carbonyl (C=O) groups is 1. The second kappa shape index (κ2) is 7.30. The maximum absolute atomic E-state index is 13.5. The van der Waals surface area contributed by atoms with E-state index in [4.69, 9.17) is 4.42 Å². The van der Waals surface area contributed by atoms with Crippen molar-refractivity contribution in [2.45, 2.75) is 32.9 Å². The van der Waals surface area contributed by atoms with Gasteiger partial charge in [-0.2, -0.15) is 0 Å². The number of benzene rings is 2. The van der Waals surface area contributed by atoms with E-state index in [2.05, 4.69) is 0 Å². The van der Waals surface area contributed by atoms with Crippen molar-refractivity contribution in [1.29, 1.82) is 0 Å². The highest BCUT2D eigenvalue weighted by Crippen LogP contribution is 2.29. The number of sulfone groups is 1. The molecule has 3 aromatic rings. The average molecular weight is 415 g/mol. The van der Waals surface area contributed by atoms with Crippen LogP contribution in [-0.2, 0) is 16.4 Å². The Kier molecular flexibility index (Phi) is 4.94. The number of hydrogen-bond acceptors (Lipinski definition) is 4. The van der Waals surface area contributed by atoms with Crippen molar-refractivity contribution in [3.63, 3.8) is 0 Å². The van der Waals surface area contributed by atoms with Crippen LogP contribution in [-0.4, -0.2) is 36.8 Å². The number of amides is 1. The summed E-state index contributed by atoms with van der Waals surface area (Å²) in [5.74, 6) is -0.500. The minimum atomic E-state index is -3.18. The van der Waals surface area contributed by atoms with Crippen LogP contribution in [0.2, 0.25) is 0 Å². The molecule has 0 unspecified atom stereocenters. The third-order valence-corrected chi connectivity index (χ3v) is 7.21. The number of halogens is 1. The van der Waals surface area contributed by atoms with Gasteiger partial charge in [0.2, 0.25) is 0 Å². The van der Waals surface area contributed by atoms with E-state index >= 15 is 0 Å². The molecule has 5 nitrogen and oxygen atoms in total. The Morgan fingerprint density at radius 3 is 2.55 bits per heavy atom. The first-order chi connectivity index (χ1) is 13.7. The van der Waals surface area contributed by atoms with Crippen molar-refractivity contribution in [3.8, 4) is 0 Å². The highest BCUT2D eigenvalue weighted by atomic mass is 32.2. The van der Waals surface area contributed by atoms with E-state index in [0.717, 1.165) is 22.1 Å². The van der Waals surface area contributed by atoms with Crippen molar-refractivity contribution in [1.82, 2.24) is 4.90 Å². The Bertz CT molecular complexity index is 1180. The maximum Gasteiger partial charge on any atom is 0.290 e. The van der Waals surface area contributed by atoms with Gasteiger partial charge in [0.25, 0.3) is 5.91 Å².